The van der Waals surface area contributed by atoms with Crippen molar-refractivity contribution in [2.75, 3.05) is 5.38 Å². The van der Waals surface area contributed by atoms with Crippen LogP contribution in [0.3, 0.4) is 0 Å². The summed E-state index contributed by atoms with van der Waals surface area (Å²) in [7, 11) is 1.00. The van der Waals surface area contributed by atoms with E-state index in [0.717, 1.165) is 14.9 Å². The number of hydrogen-bond donors (Lipinski definition) is 1. The van der Waals surface area contributed by atoms with Crippen LogP contribution in [0.15, 0.2) is 0 Å². The smallest absolute Gasteiger partial charge is 0.0468 e. The molecular weight excluding hydrogens is 84.2 g/mol. The van der Waals surface area contributed by atoms with Crippen LogP contribution in [0.1, 0.15) is 0 Å². The maximum absolute atomic E-state index is 3.93. The summed E-state index contributed by atoms with van der Waals surface area (Å²) >= 11 is 3.93. The molecule has 0 amide bonds. The molecule has 0 aromatic rings. The van der Waals surface area contributed by atoms with Gasteiger partial charge in [-0.25, -0.2) is 0 Å². The highest BCUT2D eigenvalue weighted by Gasteiger charge is 1.60. The summed E-state index contributed by atoms with van der Waals surface area (Å²) < 4.78 is 0. The summed E-state index contributed by atoms with van der Waals surface area (Å²) in [6, 6.07) is 0. The van der Waals surface area contributed by atoms with Gasteiger partial charge >= 0.3 is 0 Å². The molecule has 0 bridgehead atoms. The van der Waals surface area contributed by atoms with E-state index in [-0.39, 0.29) is 0 Å². The first-order chi connectivity index (χ1) is 1.91. The Morgan fingerprint density at radius 2 is 2.25 bits per heavy atom. The zero-order chi connectivity index (χ0) is 3.41. The molecular formula is C2H6SSi. The topological polar surface area (TPSA) is 0 Å². The van der Waals surface area contributed by atoms with E-state index in [1.165, 1.54) is 0 Å². The predicted octanol–water partition coefficient (Wildman–Crippen LogP) is 0.626. The summed E-state index contributed by atoms with van der Waals surface area (Å²) in [5, 5.41) is 1.04. The Bertz CT molecular complexity index is 8.00. The second-order valence-electron chi connectivity index (χ2n) is 0.512. The Morgan fingerprint density at radius 3 is 2.25 bits per heavy atom. The lowest BCUT2D eigenvalue weighted by atomic mass is 11.9. The maximum Gasteiger partial charge on any atom is 0.0468 e. The van der Waals surface area contributed by atoms with E-state index >= 15 is 0 Å². The molecule has 4 heavy (non-hydrogen) atoms. The van der Waals surface area contributed by atoms with Gasteiger partial charge in [-0.3, -0.25) is 0 Å². The molecule has 0 aliphatic carbocycles. The molecule has 0 aliphatic rings. The molecule has 0 saturated carbocycles. The Hall–Kier alpha value is 0.567. The summed E-state index contributed by atoms with van der Waals surface area (Å²) in [5.41, 5.74) is 0. The van der Waals surface area contributed by atoms with Crippen molar-refractivity contribution in [3.05, 3.63) is 0 Å². The molecule has 0 atom stereocenters. The lowest BCUT2D eigenvalue weighted by Crippen LogP contribution is -1.76. The van der Waals surface area contributed by atoms with Gasteiger partial charge in [0.1, 0.15) is 0 Å². The summed E-state index contributed by atoms with van der Waals surface area (Å²) in [5.74, 6) is 0. The molecule has 0 rings (SSSR count). The molecule has 0 fully saturated rings. The molecule has 2 heteroatoms. The quantitative estimate of drug-likeness (QED) is 0.354. The van der Waals surface area contributed by atoms with E-state index in [1.807, 2.05) is 0 Å². The average molecular weight is 90.2 g/mol. The lowest BCUT2D eigenvalue weighted by Gasteiger charge is -1.65. The molecule has 0 spiro atoms. The Balaban J connectivity index is 1.97. The van der Waals surface area contributed by atoms with Gasteiger partial charge in [-0.2, -0.15) is 12.6 Å². The van der Waals surface area contributed by atoms with Crippen molar-refractivity contribution in [3.63, 3.8) is 0 Å². The van der Waals surface area contributed by atoms with Crippen LogP contribution in [0, 0.1) is 0 Å². The van der Waals surface area contributed by atoms with Crippen molar-refractivity contribution < 1.29 is 0 Å². The fourth-order valence-electron chi connectivity index (χ4n) is 0. The minimum absolute atomic E-state index is 1.00. The first-order valence-corrected chi connectivity index (χ1v) is 3.51. The molecule has 0 aromatic heterocycles. The first kappa shape index (κ1) is 4.57. The van der Waals surface area contributed by atoms with Crippen LogP contribution in [0.25, 0.3) is 0 Å². The zero-order valence-electron chi connectivity index (χ0n) is 2.65. The van der Waals surface area contributed by atoms with Crippen LogP contribution in [0.2, 0.25) is 6.55 Å². The standard InChI is InChI=1S/C2H6SSi/c1-4-2-3/h3H,2H2,1H3. The fraction of sp³-hybridized carbons (Fsp3) is 1.00. The monoisotopic (exact) mass is 90.0 g/mol. The van der Waals surface area contributed by atoms with Crippen LogP contribution in [0.4, 0.5) is 0 Å². The molecule has 0 nitrogen and oxygen atoms in total. The number of thiol groups is 1. The first-order valence-electron chi connectivity index (χ1n) is 1.17. The van der Waals surface area contributed by atoms with Crippen molar-refractivity contribution in [3.8, 4) is 0 Å². The normalized spacial score (nSPS) is 7.50. The van der Waals surface area contributed by atoms with E-state index in [4.69, 9.17) is 0 Å². The van der Waals surface area contributed by atoms with E-state index in [2.05, 4.69) is 19.2 Å². The van der Waals surface area contributed by atoms with Gasteiger partial charge in [0.05, 0.1) is 0 Å². The van der Waals surface area contributed by atoms with Crippen molar-refractivity contribution in [2.45, 2.75) is 6.55 Å². The van der Waals surface area contributed by atoms with Crippen molar-refractivity contribution in [1.29, 1.82) is 0 Å². The molecule has 0 saturated heterocycles. The Kier molecular flexibility index (Phi) is 4.07. The number of hydrogen-bond acceptors (Lipinski definition) is 1. The number of rotatable bonds is 1. The van der Waals surface area contributed by atoms with E-state index < -0.39 is 0 Å². The SMILES string of the molecule is C[Si]CS. The lowest BCUT2D eigenvalue weighted by molar-refractivity contribution is 2.08. The molecule has 0 N–H and O–H groups in total. The molecule has 24 valence electrons. The van der Waals surface area contributed by atoms with Gasteiger partial charge in [0.25, 0.3) is 0 Å². The minimum Gasteiger partial charge on any atom is -0.183 e. The largest absolute Gasteiger partial charge is 0.183 e. The van der Waals surface area contributed by atoms with Gasteiger partial charge in [-0.1, -0.05) is 6.55 Å². The van der Waals surface area contributed by atoms with Gasteiger partial charge in [0, 0.05) is 9.52 Å². The van der Waals surface area contributed by atoms with E-state index in [1.54, 1.807) is 0 Å². The van der Waals surface area contributed by atoms with Gasteiger partial charge in [-0.15, -0.1) is 0 Å². The molecule has 0 aromatic carbocycles. The van der Waals surface area contributed by atoms with Gasteiger partial charge in [0.15, 0.2) is 0 Å². The zero-order valence-corrected chi connectivity index (χ0v) is 4.55. The van der Waals surface area contributed by atoms with Crippen molar-refractivity contribution in [1.82, 2.24) is 0 Å². The summed E-state index contributed by atoms with van der Waals surface area (Å²) in [6.45, 7) is 2.13. The van der Waals surface area contributed by atoms with Gasteiger partial charge in [-0.05, 0) is 5.38 Å². The third-order valence-corrected chi connectivity index (χ3v) is 1.42. The second-order valence-corrected chi connectivity index (χ2v) is 2.48. The van der Waals surface area contributed by atoms with Crippen molar-refractivity contribution >= 4 is 22.1 Å². The fourth-order valence-corrected chi connectivity index (χ4v) is 0. The average Bonchev–Trinajstić information content (AvgIpc) is 1.37. The Morgan fingerprint density at radius 1 is 2.00 bits per heavy atom. The molecule has 2 radical (unpaired) electrons. The molecule has 0 unspecified atom stereocenters. The Labute approximate surface area is 34.8 Å². The van der Waals surface area contributed by atoms with Crippen LogP contribution in [-0.2, 0) is 0 Å². The van der Waals surface area contributed by atoms with Gasteiger partial charge < -0.3 is 0 Å². The maximum atomic E-state index is 3.93. The summed E-state index contributed by atoms with van der Waals surface area (Å²) in [4.78, 5) is 0. The van der Waals surface area contributed by atoms with Crippen LogP contribution in [-0.4, -0.2) is 14.9 Å². The highest BCUT2D eigenvalue weighted by molar-refractivity contribution is 7.81. The minimum atomic E-state index is 1.00. The van der Waals surface area contributed by atoms with Gasteiger partial charge in [0.2, 0.25) is 0 Å². The van der Waals surface area contributed by atoms with Crippen molar-refractivity contribution in [2.24, 2.45) is 0 Å². The molecule has 0 heterocycles. The second kappa shape index (κ2) is 3.57. The highest BCUT2D eigenvalue weighted by Crippen LogP contribution is 1.61. The van der Waals surface area contributed by atoms with E-state index in [0.29, 0.717) is 0 Å². The van der Waals surface area contributed by atoms with Crippen LogP contribution in [0.5, 0.6) is 0 Å². The highest BCUT2D eigenvalue weighted by atomic mass is 32.1. The van der Waals surface area contributed by atoms with Crippen LogP contribution >= 0.6 is 12.6 Å². The predicted molar refractivity (Wildman–Crippen MR) is 25.5 cm³/mol. The third kappa shape index (κ3) is 2.57. The third-order valence-electron chi connectivity index (χ3n) is 0.158. The van der Waals surface area contributed by atoms with Crippen LogP contribution < -0.4 is 0 Å². The molecule has 0 aliphatic heterocycles. The summed E-state index contributed by atoms with van der Waals surface area (Å²) in [6.07, 6.45) is 0. The van der Waals surface area contributed by atoms with E-state index in [9.17, 15) is 0 Å².